The van der Waals surface area contributed by atoms with Crippen LogP contribution in [0, 0.1) is 18.3 Å². The first kappa shape index (κ1) is 14.4. The molecule has 0 aliphatic carbocycles. The number of hydrogen-bond acceptors (Lipinski definition) is 7. The van der Waals surface area contributed by atoms with E-state index in [0.29, 0.717) is 4.57 Å². The number of H-pyrrole nitrogens is 1. The molecule has 2 heterocycles. The molecule has 0 aromatic carbocycles. The molecule has 9 heteroatoms. The van der Waals surface area contributed by atoms with Crippen LogP contribution in [0.4, 0.5) is 0 Å². The van der Waals surface area contributed by atoms with E-state index in [2.05, 4.69) is 0 Å². The van der Waals surface area contributed by atoms with Gasteiger partial charge in [0.15, 0.2) is 0 Å². The lowest BCUT2D eigenvalue weighted by Gasteiger charge is -2.26. The van der Waals surface area contributed by atoms with Crippen LogP contribution in [0.3, 0.4) is 0 Å². The highest BCUT2D eigenvalue weighted by Gasteiger charge is 2.56. The van der Waals surface area contributed by atoms with E-state index in [4.69, 9.17) is 9.84 Å². The van der Waals surface area contributed by atoms with E-state index in [1.54, 1.807) is 6.07 Å². The lowest BCUT2D eigenvalue weighted by molar-refractivity contribution is -0.109. The van der Waals surface area contributed by atoms with Crippen molar-refractivity contribution in [3.8, 4) is 6.07 Å². The Labute approximate surface area is 112 Å². The molecule has 4 atom stereocenters. The van der Waals surface area contributed by atoms with Crippen LogP contribution in [-0.4, -0.2) is 49.8 Å². The van der Waals surface area contributed by atoms with E-state index in [9.17, 15) is 25.1 Å². The number of aryl methyl sites for hydroxylation is 1. The maximum absolute atomic E-state index is 11.8. The number of nitriles is 1. The average molecular weight is 283 g/mol. The Hall–Kier alpha value is -1.99. The predicted molar refractivity (Wildman–Crippen MR) is 63.6 cm³/mol. The van der Waals surface area contributed by atoms with E-state index >= 15 is 0 Å². The second kappa shape index (κ2) is 4.84. The van der Waals surface area contributed by atoms with Gasteiger partial charge in [0.25, 0.3) is 11.3 Å². The van der Waals surface area contributed by atoms with Crippen molar-refractivity contribution in [2.75, 3.05) is 6.61 Å². The molecule has 1 aromatic rings. The lowest BCUT2D eigenvalue weighted by Crippen LogP contribution is -2.51. The molecular formula is C11H13N3O6. The van der Waals surface area contributed by atoms with Gasteiger partial charge in [-0.15, -0.1) is 0 Å². The van der Waals surface area contributed by atoms with E-state index in [1.165, 1.54) is 6.92 Å². The first-order chi connectivity index (χ1) is 9.37. The van der Waals surface area contributed by atoms with Crippen LogP contribution < -0.4 is 11.2 Å². The van der Waals surface area contributed by atoms with Crippen molar-refractivity contribution in [2.24, 2.45) is 0 Å². The van der Waals surface area contributed by atoms with Crippen molar-refractivity contribution >= 4 is 0 Å². The minimum absolute atomic E-state index is 0.122. The number of aliphatic hydroxyl groups is 3. The Kier molecular flexibility index (Phi) is 3.49. The normalized spacial score (nSPS) is 33.0. The summed E-state index contributed by atoms with van der Waals surface area (Å²) in [6, 6.07) is 1.62. The number of nitrogens with one attached hydrogen (secondary N) is 1. The highest BCUT2D eigenvalue weighted by Crippen LogP contribution is 2.34. The predicted octanol–water partition coefficient (Wildman–Crippen LogP) is -2.87. The van der Waals surface area contributed by atoms with Crippen molar-refractivity contribution in [1.29, 1.82) is 5.26 Å². The molecule has 0 bridgehead atoms. The van der Waals surface area contributed by atoms with Gasteiger partial charge in [0.1, 0.15) is 24.4 Å². The van der Waals surface area contributed by atoms with Gasteiger partial charge in [-0.3, -0.25) is 14.3 Å². The molecule has 20 heavy (non-hydrogen) atoms. The number of aromatic nitrogens is 2. The van der Waals surface area contributed by atoms with Crippen LogP contribution in [-0.2, 0) is 10.5 Å². The Morgan fingerprint density at radius 2 is 2.20 bits per heavy atom. The van der Waals surface area contributed by atoms with Crippen molar-refractivity contribution in [3.05, 3.63) is 32.6 Å². The number of aromatic amines is 1. The van der Waals surface area contributed by atoms with Crippen molar-refractivity contribution in [3.63, 3.8) is 0 Å². The minimum atomic E-state index is -2.21. The smallest absolute Gasteiger partial charge is 0.331 e. The summed E-state index contributed by atoms with van der Waals surface area (Å²) in [5, 5.41) is 38.0. The molecule has 0 amide bonds. The van der Waals surface area contributed by atoms with Crippen LogP contribution in [0.2, 0.25) is 0 Å². The van der Waals surface area contributed by atoms with Crippen LogP contribution in [0.1, 0.15) is 5.56 Å². The highest BCUT2D eigenvalue weighted by molar-refractivity contribution is 5.14. The summed E-state index contributed by atoms with van der Waals surface area (Å²) < 4.78 is 5.87. The molecule has 0 radical (unpaired) electrons. The molecule has 1 fully saturated rings. The van der Waals surface area contributed by atoms with E-state index in [-0.39, 0.29) is 5.56 Å². The second-order valence-corrected chi connectivity index (χ2v) is 4.52. The van der Waals surface area contributed by atoms with Crippen LogP contribution in [0.5, 0.6) is 0 Å². The van der Waals surface area contributed by atoms with Gasteiger partial charge < -0.3 is 20.1 Å². The molecule has 1 aliphatic rings. The number of rotatable bonds is 2. The number of ether oxygens (including phenoxy) is 1. The number of hydrogen-bond donors (Lipinski definition) is 4. The molecule has 4 N–H and O–H groups in total. The zero-order chi connectivity index (χ0) is 15.1. The Bertz CT molecular complexity index is 674. The largest absolute Gasteiger partial charge is 0.394 e. The molecule has 2 rings (SSSR count). The van der Waals surface area contributed by atoms with Crippen LogP contribution >= 0.6 is 0 Å². The minimum Gasteiger partial charge on any atom is -0.394 e. The fourth-order valence-electron chi connectivity index (χ4n) is 2.11. The second-order valence-electron chi connectivity index (χ2n) is 4.52. The Morgan fingerprint density at radius 3 is 2.70 bits per heavy atom. The molecule has 108 valence electrons. The monoisotopic (exact) mass is 283 g/mol. The van der Waals surface area contributed by atoms with Gasteiger partial charge in [-0.05, 0) is 6.92 Å². The SMILES string of the molecule is Cc1cn([C@]2(C#N)O[C@H](CO)[C@@H](O)[C@H]2O)c(=O)[nH]c1=O. The summed E-state index contributed by atoms with van der Waals surface area (Å²) in [6.45, 7) is 0.764. The molecule has 9 nitrogen and oxygen atoms in total. The first-order valence-corrected chi connectivity index (χ1v) is 5.76. The molecule has 0 saturated carbocycles. The Balaban J connectivity index is 2.65. The van der Waals surface area contributed by atoms with Gasteiger partial charge in [-0.1, -0.05) is 0 Å². The summed E-state index contributed by atoms with van der Waals surface area (Å²) in [5.74, 6) is 0. The van der Waals surface area contributed by atoms with E-state index < -0.39 is 41.9 Å². The van der Waals surface area contributed by atoms with Gasteiger partial charge in [-0.25, -0.2) is 4.79 Å². The molecule has 0 spiro atoms. The summed E-state index contributed by atoms with van der Waals surface area (Å²) in [4.78, 5) is 25.1. The lowest BCUT2D eigenvalue weighted by atomic mass is 10.0. The zero-order valence-corrected chi connectivity index (χ0v) is 10.5. The van der Waals surface area contributed by atoms with Gasteiger partial charge in [0, 0.05) is 11.8 Å². The van der Waals surface area contributed by atoms with Gasteiger partial charge in [0.05, 0.1) is 6.61 Å². The number of nitrogens with zero attached hydrogens (tertiary/aromatic N) is 2. The summed E-state index contributed by atoms with van der Waals surface area (Å²) in [5.41, 5.74) is -3.69. The van der Waals surface area contributed by atoms with Gasteiger partial charge in [0.2, 0.25) is 0 Å². The maximum Gasteiger partial charge on any atom is 0.331 e. The van der Waals surface area contributed by atoms with Gasteiger partial charge >= 0.3 is 5.69 Å². The molecule has 1 aromatic heterocycles. The third-order valence-electron chi connectivity index (χ3n) is 3.25. The first-order valence-electron chi connectivity index (χ1n) is 5.76. The molecule has 1 aliphatic heterocycles. The fourth-order valence-corrected chi connectivity index (χ4v) is 2.11. The average Bonchev–Trinajstić information content (AvgIpc) is 2.68. The topological polar surface area (TPSA) is 149 Å². The summed E-state index contributed by atoms with van der Waals surface area (Å²) in [7, 11) is 0. The molecular weight excluding hydrogens is 270 g/mol. The van der Waals surface area contributed by atoms with E-state index in [0.717, 1.165) is 6.20 Å². The molecule has 0 unspecified atom stereocenters. The van der Waals surface area contributed by atoms with Crippen LogP contribution in [0.15, 0.2) is 15.8 Å². The maximum atomic E-state index is 11.8. The third kappa shape index (κ3) is 1.86. The quantitative estimate of drug-likeness (QED) is 0.456. The third-order valence-corrected chi connectivity index (χ3v) is 3.25. The van der Waals surface area contributed by atoms with Crippen molar-refractivity contribution in [1.82, 2.24) is 9.55 Å². The summed E-state index contributed by atoms with van der Waals surface area (Å²) >= 11 is 0. The standard InChI is InChI=1S/C11H13N3O6/c1-5-2-14(10(19)13-9(5)18)11(4-12)8(17)7(16)6(3-15)20-11/h2,6-8,15-17H,3H2,1H3,(H,13,18,19)/t6-,7-,8-,11-/m1/s1. The highest BCUT2D eigenvalue weighted by atomic mass is 16.6. The van der Waals surface area contributed by atoms with Crippen molar-refractivity contribution in [2.45, 2.75) is 31.0 Å². The van der Waals surface area contributed by atoms with Crippen molar-refractivity contribution < 1.29 is 20.1 Å². The fraction of sp³-hybridized carbons (Fsp3) is 0.545. The van der Waals surface area contributed by atoms with Gasteiger partial charge in [-0.2, -0.15) is 5.26 Å². The van der Waals surface area contributed by atoms with Crippen LogP contribution in [0.25, 0.3) is 0 Å². The number of aliphatic hydroxyl groups excluding tert-OH is 3. The zero-order valence-electron chi connectivity index (χ0n) is 10.5. The Morgan fingerprint density at radius 1 is 1.55 bits per heavy atom. The summed E-state index contributed by atoms with van der Waals surface area (Å²) in [6.07, 6.45) is -3.46. The molecule has 1 saturated heterocycles. The van der Waals surface area contributed by atoms with E-state index in [1.807, 2.05) is 4.98 Å².